The van der Waals surface area contributed by atoms with Gasteiger partial charge < -0.3 is 15.0 Å². The molecular formula is C21H30N4O2S. The van der Waals surface area contributed by atoms with Crippen LogP contribution in [0.3, 0.4) is 0 Å². The minimum atomic E-state index is -0.573. The lowest BCUT2D eigenvalue weighted by Crippen LogP contribution is -2.37. The Balaban J connectivity index is 1.81. The van der Waals surface area contributed by atoms with E-state index in [2.05, 4.69) is 58.5 Å². The number of carbonyl (C=O) groups excluding carboxylic acids is 1. The zero-order valence-electron chi connectivity index (χ0n) is 17.1. The highest BCUT2D eigenvalue weighted by Crippen LogP contribution is 2.41. The molecule has 3 rings (SSSR count). The van der Waals surface area contributed by atoms with E-state index < -0.39 is 5.41 Å². The molecule has 1 saturated heterocycles. The summed E-state index contributed by atoms with van der Waals surface area (Å²) in [5.41, 5.74) is 3.46. The topological polar surface area (TPSA) is 67.3 Å². The molecule has 1 aromatic heterocycles. The number of nitrogens with zero attached hydrogens (tertiary/aromatic N) is 3. The van der Waals surface area contributed by atoms with E-state index in [0.29, 0.717) is 11.0 Å². The monoisotopic (exact) mass is 402 g/mol. The summed E-state index contributed by atoms with van der Waals surface area (Å²) in [5.74, 6) is 0.573. The van der Waals surface area contributed by atoms with E-state index in [0.717, 1.165) is 32.7 Å². The average Bonchev–Trinajstić information content (AvgIpc) is 3.20. The molecule has 0 aliphatic carbocycles. The van der Waals surface area contributed by atoms with Gasteiger partial charge in [-0.3, -0.25) is 4.79 Å². The summed E-state index contributed by atoms with van der Waals surface area (Å²) in [6.07, 6.45) is 0.938. The second-order valence-electron chi connectivity index (χ2n) is 8.29. The summed E-state index contributed by atoms with van der Waals surface area (Å²) >= 11 is 1.34. The summed E-state index contributed by atoms with van der Waals surface area (Å²) in [6, 6.07) is 8.70. The molecular weight excluding hydrogens is 372 g/mol. The molecule has 1 atom stereocenters. The van der Waals surface area contributed by atoms with Gasteiger partial charge in [0, 0.05) is 18.8 Å². The maximum Gasteiger partial charge on any atom is 0.232 e. The van der Waals surface area contributed by atoms with E-state index in [1.807, 2.05) is 13.8 Å². The quantitative estimate of drug-likeness (QED) is 0.753. The molecule has 6 nitrogen and oxygen atoms in total. The van der Waals surface area contributed by atoms with Crippen LogP contribution in [-0.4, -0.2) is 42.4 Å². The fourth-order valence-electron chi connectivity index (χ4n) is 3.70. The third kappa shape index (κ3) is 4.89. The first-order valence-electron chi connectivity index (χ1n) is 9.88. The van der Waals surface area contributed by atoms with E-state index in [1.165, 1.54) is 22.6 Å². The molecule has 1 N–H and O–H groups in total. The zero-order chi connectivity index (χ0) is 20.1. The van der Waals surface area contributed by atoms with Gasteiger partial charge in [0.25, 0.3) is 0 Å². The van der Waals surface area contributed by atoms with E-state index in [1.54, 1.807) is 5.51 Å². The van der Waals surface area contributed by atoms with E-state index in [4.69, 9.17) is 4.74 Å². The van der Waals surface area contributed by atoms with Gasteiger partial charge in [-0.1, -0.05) is 51.2 Å². The number of benzene rings is 1. The van der Waals surface area contributed by atoms with Crippen molar-refractivity contribution in [3.8, 4) is 0 Å². The SMILES string of the molecule is CC(C)CC(c1ccc(N2CCOCC2)cc1)C(C)(C)C(=O)Nc1nncs1. The molecule has 1 unspecified atom stereocenters. The van der Waals surface area contributed by atoms with Crippen LogP contribution >= 0.6 is 11.3 Å². The van der Waals surface area contributed by atoms with Gasteiger partial charge in [-0.25, -0.2) is 0 Å². The maximum absolute atomic E-state index is 13.0. The summed E-state index contributed by atoms with van der Waals surface area (Å²) in [6.45, 7) is 11.8. The lowest BCUT2D eigenvalue weighted by atomic mass is 9.70. The Morgan fingerprint density at radius 2 is 1.93 bits per heavy atom. The second-order valence-corrected chi connectivity index (χ2v) is 9.13. The molecule has 0 radical (unpaired) electrons. The van der Waals surface area contributed by atoms with Crippen molar-refractivity contribution in [2.45, 2.75) is 40.0 Å². The number of hydrogen-bond acceptors (Lipinski definition) is 6. The van der Waals surface area contributed by atoms with Gasteiger partial charge in [-0.15, -0.1) is 10.2 Å². The Bertz CT molecular complexity index is 753. The lowest BCUT2D eigenvalue weighted by Gasteiger charge is -2.35. The van der Waals surface area contributed by atoms with Crippen molar-refractivity contribution < 1.29 is 9.53 Å². The Hall–Kier alpha value is -1.99. The van der Waals surface area contributed by atoms with Crippen molar-refractivity contribution in [3.63, 3.8) is 0 Å². The molecule has 1 aliphatic heterocycles. The smallest absolute Gasteiger partial charge is 0.232 e. The molecule has 152 valence electrons. The van der Waals surface area contributed by atoms with Crippen LogP contribution in [0.15, 0.2) is 29.8 Å². The Morgan fingerprint density at radius 3 is 2.50 bits per heavy atom. The average molecular weight is 403 g/mol. The number of aromatic nitrogens is 2. The molecule has 1 aromatic carbocycles. The number of ether oxygens (including phenoxy) is 1. The van der Waals surface area contributed by atoms with Gasteiger partial charge in [0.15, 0.2) is 0 Å². The van der Waals surface area contributed by atoms with Gasteiger partial charge >= 0.3 is 0 Å². The van der Waals surface area contributed by atoms with Crippen LogP contribution in [0.25, 0.3) is 0 Å². The fourth-order valence-corrected chi connectivity index (χ4v) is 4.14. The highest BCUT2D eigenvalue weighted by Gasteiger charge is 2.38. The normalized spacial score (nSPS) is 16.2. The molecule has 0 bridgehead atoms. The summed E-state index contributed by atoms with van der Waals surface area (Å²) in [5, 5.41) is 11.2. The molecule has 0 spiro atoms. The number of nitrogens with one attached hydrogen (secondary N) is 1. The number of amides is 1. The van der Waals surface area contributed by atoms with Gasteiger partial charge in [-0.2, -0.15) is 0 Å². The Labute approximate surface area is 171 Å². The minimum absolute atomic E-state index is 0.0212. The number of anilines is 2. The predicted octanol–water partition coefficient (Wildman–Crippen LogP) is 4.17. The summed E-state index contributed by atoms with van der Waals surface area (Å²) in [7, 11) is 0. The Morgan fingerprint density at radius 1 is 1.25 bits per heavy atom. The maximum atomic E-state index is 13.0. The van der Waals surface area contributed by atoms with Crippen LogP contribution in [0.5, 0.6) is 0 Å². The summed E-state index contributed by atoms with van der Waals surface area (Å²) < 4.78 is 5.45. The van der Waals surface area contributed by atoms with Crippen LogP contribution in [0.4, 0.5) is 10.8 Å². The largest absolute Gasteiger partial charge is 0.378 e. The minimum Gasteiger partial charge on any atom is -0.378 e. The molecule has 1 aliphatic rings. The standard InChI is InChI=1S/C21H30N4O2S/c1-15(2)13-18(21(3,4)19(26)23-20-24-22-14-28-20)16-5-7-17(8-6-16)25-9-11-27-12-10-25/h5-8,14-15,18H,9-13H2,1-4H3,(H,23,24,26). The first kappa shape index (κ1) is 20.7. The number of carbonyl (C=O) groups is 1. The number of hydrogen-bond donors (Lipinski definition) is 1. The van der Waals surface area contributed by atoms with Gasteiger partial charge in [0.1, 0.15) is 5.51 Å². The zero-order valence-corrected chi connectivity index (χ0v) is 18.0. The van der Waals surface area contributed by atoms with Crippen LogP contribution in [0, 0.1) is 11.3 Å². The third-order valence-electron chi connectivity index (χ3n) is 5.42. The van der Waals surface area contributed by atoms with E-state index >= 15 is 0 Å². The molecule has 1 amide bonds. The number of rotatable bonds is 7. The molecule has 2 aromatic rings. The first-order chi connectivity index (χ1) is 13.4. The number of morpholine rings is 1. The highest BCUT2D eigenvalue weighted by molar-refractivity contribution is 7.13. The van der Waals surface area contributed by atoms with Crippen molar-refractivity contribution in [1.29, 1.82) is 0 Å². The molecule has 2 heterocycles. The molecule has 7 heteroatoms. The second kappa shape index (κ2) is 9.01. The lowest BCUT2D eigenvalue weighted by molar-refractivity contribution is -0.125. The Kier molecular flexibility index (Phi) is 6.67. The van der Waals surface area contributed by atoms with E-state index in [-0.39, 0.29) is 11.8 Å². The first-order valence-corrected chi connectivity index (χ1v) is 10.8. The van der Waals surface area contributed by atoms with Crippen LogP contribution in [0.1, 0.15) is 45.6 Å². The third-order valence-corrected chi connectivity index (χ3v) is 6.02. The summed E-state index contributed by atoms with van der Waals surface area (Å²) in [4.78, 5) is 15.4. The molecule has 1 fully saturated rings. The van der Waals surface area contributed by atoms with Crippen LogP contribution < -0.4 is 10.2 Å². The molecule has 0 saturated carbocycles. The predicted molar refractivity (Wildman–Crippen MR) is 114 cm³/mol. The van der Waals surface area contributed by atoms with Crippen molar-refractivity contribution in [2.24, 2.45) is 11.3 Å². The molecule has 28 heavy (non-hydrogen) atoms. The van der Waals surface area contributed by atoms with E-state index in [9.17, 15) is 4.79 Å². The van der Waals surface area contributed by atoms with Gasteiger partial charge in [0.05, 0.1) is 18.6 Å². The van der Waals surface area contributed by atoms with Crippen molar-refractivity contribution in [3.05, 3.63) is 35.3 Å². The highest BCUT2D eigenvalue weighted by atomic mass is 32.1. The van der Waals surface area contributed by atoms with Crippen molar-refractivity contribution in [1.82, 2.24) is 10.2 Å². The van der Waals surface area contributed by atoms with Crippen molar-refractivity contribution in [2.75, 3.05) is 36.5 Å². The van der Waals surface area contributed by atoms with Gasteiger partial charge in [-0.05, 0) is 36.0 Å². The van der Waals surface area contributed by atoms with Gasteiger partial charge in [0.2, 0.25) is 11.0 Å². The van der Waals surface area contributed by atoms with Crippen LogP contribution in [0.2, 0.25) is 0 Å². The fraction of sp³-hybridized carbons (Fsp3) is 0.571. The van der Waals surface area contributed by atoms with Crippen LogP contribution in [-0.2, 0) is 9.53 Å². The van der Waals surface area contributed by atoms with Crippen molar-refractivity contribution >= 4 is 28.1 Å².